The van der Waals surface area contributed by atoms with Crippen LogP contribution in [0.2, 0.25) is 0 Å². The average molecular weight is 523 g/mol. The Morgan fingerprint density at radius 2 is 0.927 bits per heavy atom. The Hall–Kier alpha value is -5.84. The fraction of sp³-hybridized carbons (Fsp3) is 0.0270. The van der Waals surface area contributed by atoms with Crippen molar-refractivity contribution in [1.82, 2.24) is 9.97 Å². The van der Waals surface area contributed by atoms with E-state index in [-0.39, 0.29) is 0 Å². The molecule has 0 spiro atoms. The van der Waals surface area contributed by atoms with Crippen LogP contribution in [-0.2, 0) is 5.41 Å². The van der Waals surface area contributed by atoms with Crippen molar-refractivity contribution in [1.29, 1.82) is 10.5 Å². The molecule has 4 aromatic carbocycles. The van der Waals surface area contributed by atoms with Gasteiger partial charge in [-0.05, 0) is 69.8 Å². The molecule has 6 aromatic rings. The highest BCUT2D eigenvalue weighted by molar-refractivity contribution is 5.90. The third kappa shape index (κ3) is 3.82. The molecule has 1 aliphatic rings. The van der Waals surface area contributed by atoms with Gasteiger partial charge in [-0.3, -0.25) is 9.97 Å². The van der Waals surface area contributed by atoms with E-state index >= 15 is 0 Å². The molecule has 0 radical (unpaired) electrons. The first kappa shape index (κ1) is 24.2. The molecule has 1 aliphatic carbocycles. The van der Waals surface area contributed by atoms with Gasteiger partial charge in [-0.15, -0.1) is 0 Å². The van der Waals surface area contributed by atoms with Gasteiger partial charge in [-0.25, -0.2) is 0 Å². The van der Waals surface area contributed by atoms with E-state index in [2.05, 4.69) is 107 Å². The zero-order valence-corrected chi connectivity index (χ0v) is 22.0. The van der Waals surface area contributed by atoms with Gasteiger partial charge in [0.25, 0.3) is 0 Å². The molecule has 2 aromatic heterocycles. The summed E-state index contributed by atoms with van der Waals surface area (Å²) < 4.78 is 0. The van der Waals surface area contributed by atoms with E-state index < -0.39 is 5.41 Å². The van der Waals surface area contributed by atoms with Crippen LogP contribution in [0.1, 0.15) is 33.4 Å². The quantitative estimate of drug-likeness (QED) is 0.235. The summed E-state index contributed by atoms with van der Waals surface area (Å²) in [6.45, 7) is 0. The van der Waals surface area contributed by atoms with Gasteiger partial charge in [0, 0.05) is 23.5 Å². The molecule has 41 heavy (non-hydrogen) atoms. The molecule has 0 N–H and O–H groups in total. The van der Waals surface area contributed by atoms with E-state index in [9.17, 15) is 10.5 Å². The molecule has 4 nitrogen and oxygen atoms in total. The first-order valence-electron chi connectivity index (χ1n) is 13.4. The fourth-order valence-electron chi connectivity index (χ4n) is 6.13. The highest BCUT2D eigenvalue weighted by atomic mass is 14.7. The first-order chi connectivity index (χ1) is 20.2. The summed E-state index contributed by atoms with van der Waals surface area (Å²) in [6, 6.07) is 45.8. The van der Waals surface area contributed by atoms with E-state index in [1.165, 1.54) is 22.3 Å². The molecule has 0 amide bonds. The van der Waals surface area contributed by atoms with E-state index in [4.69, 9.17) is 0 Å². The van der Waals surface area contributed by atoms with E-state index in [1.807, 2.05) is 24.3 Å². The lowest BCUT2D eigenvalue weighted by Gasteiger charge is -2.34. The maximum Gasteiger partial charge on any atom is 0.0992 e. The number of aromatic nitrogens is 2. The number of nitrogens with zero attached hydrogens (tertiary/aromatic N) is 4. The molecule has 0 aliphatic heterocycles. The number of rotatable bonds is 4. The number of pyridine rings is 2. The smallest absolute Gasteiger partial charge is 0.0992 e. The minimum absolute atomic E-state index is 0.534. The Balaban J connectivity index is 1.55. The van der Waals surface area contributed by atoms with Crippen LogP contribution in [0.15, 0.2) is 134 Å². The number of hydrogen-bond acceptors (Lipinski definition) is 4. The zero-order chi connectivity index (χ0) is 27.8. The molecular formula is C37H22N4. The van der Waals surface area contributed by atoms with Gasteiger partial charge in [0.05, 0.1) is 40.1 Å². The van der Waals surface area contributed by atoms with Crippen LogP contribution in [0.25, 0.3) is 33.6 Å². The van der Waals surface area contributed by atoms with Crippen LogP contribution in [0.5, 0.6) is 0 Å². The molecule has 7 rings (SSSR count). The Labute approximate surface area is 238 Å². The maximum absolute atomic E-state index is 9.49. The normalized spacial score (nSPS) is 12.5. The van der Waals surface area contributed by atoms with Crippen LogP contribution in [-0.4, -0.2) is 9.97 Å². The van der Waals surface area contributed by atoms with Crippen LogP contribution in [0.4, 0.5) is 0 Å². The number of nitriles is 2. The fourth-order valence-corrected chi connectivity index (χ4v) is 6.13. The minimum atomic E-state index is -0.534. The highest BCUT2D eigenvalue weighted by Crippen LogP contribution is 2.57. The summed E-state index contributed by atoms with van der Waals surface area (Å²) in [5.74, 6) is 0. The molecule has 190 valence electrons. The lowest BCUT2D eigenvalue weighted by atomic mass is 9.67. The molecule has 0 saturated heterocycles. The van der Waals surface area contributed by atoms with Gasteiger partial charge >= 0.3 is 0 Å². The Morgan fingerprint density at radius 3 is 1.34 bits per heavy atom. The van der Waals surface area contributed by atoms with Crippen LogP contribution in [0, 0.1) is 22.7 Å². The Kier molecular flexibility index (Phi) is 5.74. The van der Waals surface area contributed by atoms with Crippen molar-refractivity contribution in [3.05, 3.63) is 167 Å². The molecule has 0 bridgehead atoms. The van der Waals surface area contributed by atoms with Crippen molar-refractivity contribution in [2.45, 2.75) is 5.41 Å². The largest absolute Gasteiger partial charge is 0.256 e. The van der Waals surface area contributed by atoms with Gasteiger partial charge in [-0.2, -0.15) is 10.5 Å². The summed E-state index contributed by atoms with van der Waals surface area (Å²) >= 11 is 0. The van der Waals surface area contributed by atoms with E-state index in [0.717, 1.165) is 33.6 Å². The third-order valence-electron chi connectivity index (χ3n) is 7.92. The Morgan fingerprint density at radius 1 is 0.488 bits per heavy atom. The number of fused-ring (bicyclic) bond motifs is 3. The van der Waals surface area contributed by atoms with E-state index in [0.29, 0.717) is 11.1 Å². The maximum atomic E-state index is 9.49. The Bertz CT molecular complexity index is 1870. The zero-order valence-electron chi connectivity index (χ0n) is 22.0. The second kappa shape index (κ2) is 9.72. The molecule has 4 heteroatoms. The second-order valence-electron chi connectivity index (χ2n) is 10.1. The molecule has 0 fully saturated rings. The SMILES string of the molecule is N#Cc1ccnc(-c2ccc3c(c2)-c2cc(-c4cc(C#N)ccn4)ccc2C3(c2ccccc2)c2ccccc2)c1. The number of benzene rings is 4. The molecule has 0 atom stereocenters. The molecule has 0 saturated carbocycles. The standard InChI is InChI=1S/C37H22N4/c38-23-25-15-17-40-35(19-25)27-11-13-33-31(21-27)32-22-28(36-20-26(24-39)16-18-41-36)12-14-34(32)37(33,29-7-3-1-4-8-29)30-9-5-2-6-10-30/h1-22H. The lowest BCUT2D eigenvalue weighted by Crippen LogP contribution is -2.28. The van der Waals surface area contributed by atoms with E-state index in [1.54, 1.807) is 24.5 Å². The van der Waals surface area contributed by atoms with Crippen molar-refractivity contribution in [2.24, 2.45) is 0 Å². The summed E-state index contributed by atoms with van der Waals surface area (Å²) in [4.78, 5) is 9.17. The predicted octanol–water partition coefficient (Wildman–Crippen LogP) is 7.92. The van der Waals surface area contributed by atoms with Crippen LogP contribution >= 0.6 is 0 Å². The number of hydrogen-bond donors (Lipinski definition) is 0. The van der Waals surface area contributed by atoms with Crippen molar-refractivity contribution < 1.29 is 0 Å². The van der Waals surface area contributed by atoms with Gasteiger partial charge in [-0.1, -0.05) is 84.9 Å². The van der Waals surface area contributed by atoms with Gasteiger partial charge in [0.1, 0.15) is 0 Å². The third-order valence-corrected chi connectivity index (χ3v) is 7.92. The summed E-state index contributed by atoms with van der Waals surface area (Å²) in [6.07, 6.45) is 3.36. The topological polar surface area (TPSA) is 73.4 Å². The average Bonchev–Trinajstić information content (AvgIpc) is 3.35. The highest BCUT2D eigenvalue weighted by Gasteiger charge is 2.46. The van der Waals surface area contributed by atoms with Crippen molar-refractivity contribution >= 4 is 0 Å². The van der Waals surface area contributed by atoms with Crippen molar-refractivity contribution in [3.8, 4) is 45.8 Å². The lowest BCUT2D eigenvalue weighted by molar-refractivity contribution is 0.768. The van der Waals surface area contributed by atoms with Crippen LogP contribution < -0.4 is 0 Å². The van der Waals surface area contributed by atoms with Gasteiger partial charge in [0.2, 0.25) is 0 Å². The van der Waals surface area contributed by atoms with Crippen molar-refractivity contribution in [2.75, 3.05) is 0 Å². The van der Waals surface area contributed by atoms with Gasteiger partial charge in [0.15, 0.2) is 0 Å². The second-order valence-corrected chi connectivity index (χ2v) is 10.1. The van der Waals surface area contributed by atoms with Crippen molar-refractivity contribution in [3.63, 3.8) is 0 Å². The van der Waals surface area contributed by atoms with Crippen LogP contribution in [0.3, 0.4) is 0 Å². The summed E-state index contributed by atoms with van der Waals surface area (Å²) in [5, 5.41) is 19.0. The summed E-state index contributed by atoms with van der Waals surface area (Å²) in [5.41, 5.74) is 10.9. The molecule has 0 unspecified atom stereocenters. The predicted molar refractivity (Wildman–Crippen MR) is 160 cm³/mol. The summed E-state index contributed by atoms with van der Waals surface area (Å²) in [7, 11) is 0. The van der Waals surface area contributed by atoms with Gasteiger partial charge < -0.3 is 0 Å². The first-order valence-corrected chi connectivity index (χ1v) is 13.4. The molecule has 2 heterocycles. The monoisotopic (exact) mass is 522 g/mol. The minimum Gasteiger partial charge on any atom is -0.256 e. The molecular weight excluding hydrogens is 500 g/mol.